The molecule has 0 saturated heterocycles. The largest absolute Gasteiger partial charge is 0.413 e. The van der Waals surface area contributed by atoms with Gasteiger partial charge in [-0.25, -0.2) is 0 Å². The minimum absolute atomic E-state index is 0.0559. The van der Waals surface area contributed by atoms with Gasteiger partial charge in [0.25, 0.3) is 0 Å². The number of allylic oxidation sites excluding steroid dienone is 1. The highest BCUT2D eigenvalue weighted by Crippen LogP contribution is 2.08. The molecule has 0 aliphatic heterocycles. The molecule has 0 saturated carbocycles. The number of hydroxylamine groups is 1. The fraction of sp³-hybridized carbons (Fsp3) is 0.385. The van der Waals surface area contributed by atoms with Crippen LogP contribution in [-0.4, -0.2) is 5.54 Å². The summed E-state index contributed by atoms with van der Waals surface area (Å²) in [6.07, 6.45) is 0.740. The molecule has 0 aliphatic rings. The van der Waals surface area contributed by atoms with Crippen molar-refractivity contribution in [3.05, 3.63) is 48.2 Å². The molecule has 1 rings (SSSR count). The van der Waals surface area contributed by atoms with Gasteiger partial charge in [0.2, 0.25) is 0 Å². The lowest BCUT2D eigenvalue weighted by Gasteiger charge is -2.21. The van der Waals surface area contributed by atoms with Crippen molar-refractivity contribution < 1.29 is 4.84 Å². The molecule has 0 unspecified atom stereocenters. The Morgan fingerprint density at radius 3 is 2.40 bits per heavy atom. The summed E-state index contributed by atoms with van der Waals surface area (Å²) in [6.45, 7) is 10.0. The van der Waals surface area contributed by atoms with Crippen molar-refractivity contribution in [2.45, 2.75) is 32.7 Å². The second-order valence-corrected chi connectivity index (χ2v) is 4.66. The summed E-state index contributed by atoms with van der Waals surface area (Å²) in [5, 5.41) is 0. The Kier molecular flexibility index (Phi) is 3.92. The molecule has 1 aromatic rings. The summed E-state index contributed by atoms with van der Waals surface area (Å²) in [5.74, 6) is 0.733. The van der Waals surface area contributed by atoms with Crippen LogP contribution < -0.4 is 5.48 Å². The van der Waals surface area contributed by atoms with Gasteiger partial charge >= 0.3 is 0 Å². The van der Waals surface area contributed by atoms with E-state index in [2.05, 4.69) is 24.2 Å². The predicted molar refractivity (Wildman–Crippen MR) is 63.3 cm³/mol. The van der Waals surface area contributed by atoms with Gasteiger partial charge in [0.05, 0.1) is 0 Å². The fourth-order valence-corrected chi connectivity index (χ4v) is 1.08. The Morgan fingerprint density at radius 1 is 1.27 bits per heavy atom. The standard InChI is InChI=1S/C13H19NO/c1-11(15-14-13(2,3)4)10-12-8-6-5-7-9-12/h5-9,14H,1,10H2,2-4H3. The number of rotatable bonds is 4. The van der Waals surface area contributed by atoms with Crippen molar-refractivity contribution in [2.24, 2.45) is 0 Å². The normalized spacial score (nSPS) is 11.1. The molecule has 2 nitrogen and oxygen atoms in total. The molecule has 0 aromatic heterocycles. The van der Waals surface area contributed by atoms with Crippen molar-refractivity contribution in [1.82, 2.24) is 5.48 Å². The van der Waals surface area contributed by atoms with Crippen LogP contribution in [0.5, 0.6) is 0 Å². The molecule has 0 heterocycles. The van der Waals surface area contributed by atoms with Crippen LogP contribution in [0, 0.1) is 0 Å². The van der Waals surface area contributed by atoms with Crippen molar-refractivity contribution in [3.8, 4) is 0 Å². The molecule has 1 N–H and O–H groups in total. The van der Waals surface area contributed by atoms with Gasteiger partial charge in [0, 0.05) is 12.0 Å². The third-order valence-electron chi connectivity index (χ3n) is 1.75. The first-order valence-corrected chi connectivity index (χ1v) is 5.13. The van der Waals surface area contributed by atoms with Crippen LogP contribution >= 0.6 is 0 Å². The Morgan fingerprint density at radius 2 is 1.87 bits per heavy atom. The number of benzene rings is 1. The minimum Gasteiger partial charge on any atom is -0.413 e. The van der Waals surface area contributed by atoms with E-state index in [9.17, 15) is 0 Å². The van der Waals surface area contributed by atoms with Gasteiger partial charge in [-0.05, 0) is 26.3 Å². The van der Waals surface area contributed by atoms with Gasteiger partial charge in [-0.15, -0.1) is 0 Å². The third-order valence-corrected chi connectivity index (χ3v) is 1.75. The molecule has 0 bridgehead atoms. The van der Waals surface area contributed by atoms with Crippen LogP contribution in [0.25, 0.3) is 0 Å². The van der Waals surface area contributed by atoms with E-state index in [4.69, 9.17) is 4.84 Å². The second-order valence-electron chi connectivity index (χ2n) is 4.66. The predicted octanol–water partition coefficient (Wildman–Crippen LogP) is 3.06. The van der Waals surface area contributed by atoms with E-state index >= 15 is 0 Å². The summed E-state index contributed by atoms with van der Waals surface area (Å²) in [5.41, 5.74) is 4.09. The first kappa shape index (κ1) is 11.8. The van der Waals surface area contributed by atoms with Crippen LogP contribution in [0.2, 0.25) is 0 Å². The van der Waals surface area contributed by atoms with E-state index in [0.717, 1.165) is 12.2 Å². The Hall–Kier alpha value is -1.28. The van der Waals surface area contributed by atoms with Crippen LogP contribution in [0.15, 0.2) is 42.7 Å². The summed E-state index contributed by atoms with van der Waals surface area (Å²) >= 11 is 0. The summed E-state index contributed by atoms with van der Waals surface area (Å²) < 4.78 is 0. The molecular formula is C13H19NO. The molecule has 1 aromatic carbocycles. The topological polar surface area (TPSA) is 21.3 Å². The lowest BCUT2D eigenvalue weighted by Crippen LogP contribution is -2.35. The highest BCUT2D eigenvalue weighted by molar-refractivity contribution is 5.18. The Balaban J connectivity index is 2.38. The highest BCUT2D eigenvalue weighted by atomic mass is 16.7. The first-order valence-electron chi connectivity index (χ1n) is 5.13. The summed E-state index contributed by atoms with van der Waals surface area (Å²) in [4.78, 5) is 5.37. The summed E-state index contributed by atoms with van der Waals surface area (Å²) in [6, 6.07) is 10.2. The average molecular weight is 205 g/mol. The van der Waals surface area contributed by atoms with E-state index in [1.165, 1.54) is 5.56 Å². The van der Waals surface area contributed by atoms with Crippen molar-refractivity contribution in [3.63, 3.8) is 0 Å². The van der Waals surface area contributed by atoms with Gasteiger partial charge in [-0.3, -0.25) is 0 Å². The molecule has 15 heavy (non-hydrogen) atoms. The maximum atomic E-state index is 5.37. The van der Waals surface area contributed by atoms with Crippen molar-refractivity contribution in [2.75, 3.05) is 0 Å². The molecule has 0 fully saturated rings. The maximum Gasteiger partial charge on any atom is 0.121 e. The molecular weight excluding hydrogens is 186 g/mol. The van der Waals surface area contributed by atoms with Crippen LogP contribution in [0.1, 0.15) is 26.3 Å². The molecule has 0 atom stereocenters. The van der Waals surface area contributed by atoms with Crippen LogP contribution in [0.4, 0.5) is 0 Å². The first-order chi connectivity index (χ1) is 6.97. The van der Waals surface area contributed by atoms with Gasteiger partial charge < -0.3 is 4.84 Å². The van der Waals surface area contributed by atoms with E-state index in [1.807, 2.05) is 39.0 Å². The van der Waals surface area contributed by atoms with Crippen LogP contribution in [0.3, 0.4) is 0 Å². The number of hydrogen-bond donors (Lipinski definition) is 1. The molecule has 0 amide bonds. The van der Waals surface area contributed by atoms with Gasteiger partial charge in [-0.2, -0.15) is 5.48 Å². The second kappa shape index (κ2) is 4.99. The monoisotopic (exact) mass is 205 g/mol. The smallest absolute Gasteiger partial charge is 0.121 e. The van der Waals surface area contributed by atoms with Gasteiger partial charge in [-0.1, -0.05) is 36.9 Å². The highest BCUT2D eigenvalue weighted by Gasteiger charge is 2.10. The molecule has 0 aliphatic carbocycles. The third kappa shape index (κ3) is 5.23. The Bertz CT molecular complexity index is 311. The van der Waals surface area contributed by atoms with Gasteiger partial charge in [0.15, 0.2) is 0 Å². The summed E-state index contributed by atoms with van der Waals surface area (Å²) in [7, 11) is 0. The van der Waals surface area contributed by atoms with E-state index in [1.54, 1.807) is 0 Å². The van der Waals surface area contributed by atoms with E-state index in [-0.39, 0.29) is 5.54 Å². The van der Waals surface area contributed by atoms with Gasteiger partial charge in [0.1, 0.15) is 5.76 Å². The van der Waals surface area contributed by atoms with Crippen molar-refractivity contribution >= 4 is 0 Å². The average Bonchev–Trinajstić information content (AvgIpc) is 2.15. The fourth-order valence-electron chi connectivity index (χ4n) is 1.08. The molecule has 2 heteroatoms. The van der Waals surface area contributed by atoms with Crippen molar-refractivity contribution in [1.29, 1.82) is 0 Å². The number of nitrogens with one attached hydrogen (secondary N) is 1. The SMILES string of the molecule is C=C(Cc1ccccc1)ONC(C)(C)C. The zero-order chi connectivity index (χ0) is 11.3. The lowest BCUT2D eigenvalue weighted by molar-refractivity contribution is 0.0445. The molecule has 0 spiro atoms. The zero-order valence-electron chi connectivity index (χ0n) is 9.71. The number of hydrogen-bond acceptors (Lipinski definition) is 2. The van der Waals surface area contributed by atoms with E-state index < -0.39 is 0 Å². The minimum atomic E-state index is -0.0559. The quantitative estimate of drug-likeness (QED) is 0.602. The van der Waals surface area contributed by atoms with E-state index in [0.29, 0.717) is 0 Å². The molecule has 82 valence electrons. The van der Waals surface area contributed by atoms with Crippen LogP contribution in [-0.2, 0) is 11.3 Å². The Labute approximate surface area is 91.9 Å². The maximum absolute atomic E-state index is 5.37. The zero-order valence-corrected chi connectivity index (χ0v) is 9.71. The molecule has 0 radical (unpaired) electrons. The lowest BCUT2D eigenvalue weighted by atomic mass is 10.1.